The molecule has 9 heteroatoms. The molecule has 0 spiro atoms. The molecule has 2 heterocycles. The van der Waals surface area contributed by atoms with Crippen molar-refractivity contribution in [2.24, 2.45) is 0 Å². The first-order valence-corrected chi connectivity index (χ1v) is 10.8. The van der Waals surface area contributed by atoms with Crippen molar-refractivity contribution in [3.8, 4) is 0 Å². The fourth-order valence-corrected chi connectivity index (χ4v) is 4.92. The highest BCUT2D eigenvalue weighted by Crippen LogP contribution is 2.26. The monoisotopic (exact) mass is 446 g/mol. The van der Waals surface area contributed by atoms with E-state index >= 15 is 0 Å². The average Bonchev–Trinajstić information content (AvgIpc) is 2.63. The molecule has 134 valence electrons. The molecule has 2 aromatic rings. The summed E-state index contributed by atoms with van der Waals surface area (Å²) in [4.78, 5) is 4.36. The first kappa shape index (κ1) is 18.8. The van der Waals surface area contributed by atoms with Crippen molar-refractivity contribution < 1.29 is 17.5 Å². The smallest absolute Gasteiger partial charge is 0.244 e. The van der Waals surface area contributed by atoms with E-state index in [2.05, 4.69) is 20.9 Å². The molecule has 1 saturated heterocycles. The second kappa shape index (κ2) is 8.13. The predicted molar refractivity (Wildman–Crippen MR) is 97.5 cm³/mol. The van der Waals surface area contributed by atoms with Crippen LogP contribution < -0.4 is 0 Å². The van der Waals surface area contributed by atoms with Gasteiger partial charge >= 0.3 is 0 Å². The maximum atomic E-state index is 13.7. The summed E-state index contributed by atoms with van der Waals surface area (Å²) in [7, 11) is -3.54. The number of aromatic nitrogens is 1. The van der Waals surface area contributed by atoms with Crippen molar-refractivity contribution in [2.75, 3.05) is 26.3 Å². The SMILES string of the molecule is O=S(=O)(c1ccc(SCc2cc(Br)ccc2F)nc1)N1CCOCC1. The summed E-state index contributed by atoms with van der Waals surface area (Å²) in [5.74, 6) is 0.135. The molecular weight excluding hydrogens is 431 g/mol. The van der Waals surface area contributed by atoms with Crippen molar-refractivity contribution in [1.82, 2.24) is 9.29 Å². The third kappa shape index (κ3) is 4.59. The lowest BCUT2D eigenvalue weighted by Gasteiger charge is -2.25. The van der Waals surface area contributed by atoms with Gasteiger partial charge in [0.1, 0.15) is 10.7 Å². The van der Waals surface area contributed by atoms with Gasteiger partial charge in [-0.1, -0.05) is 15.9 Å². The Morgan fingerprint density at radius 1 is 1.24 bits per heavy atom. The Bertz CT molecular complexity index is 841. The van der Waals surface area contributed by atoms with E-state index < -0.39 is 10.0 Å². The quantitative estimate of drug-likeness (QED) is 0.659. The topological polar surface area (TPSA) is 59.5 Å². The van der Waals surface area contributed by atoms with Gasteiger partial charge in [0.15, 0.2) is 0 Å². The van der Waals surface area contributed by atoms with Crippen LogP contribution in [-0.2, 0) is 20.5 Å². The van der Waals surface area contributed by atoms with E-state index in [9.17, 15) is 12.8 Å². The predicted octanol–water partition coefficient (Wildman–Crippen LogP) is 3.30. The fourth-order valence-electron chi connectivity index (χ4n) is 2.35. The molecule has 3 rings (SSSR count). The molecule has 5 nitrogen and oxygen atoms in total. The van der Waals surface area contributed by atoms with E-state index in [1.807, 2.05) is 0 Å². The Morgan fingerprint density at radius 2 is 2.00 bits per heavy atom. The van der Waals surface area contributed by atoms with Crippen LogP contribution in [0.15, 0.2) is 50.9 Å². The van der Waals surface area contributed by atoms with Gasteiger partial charge in [-0.3, -0.25) is 0 Å². The van der Waals surface area contributed by atoms with E-state index in [1.165, 1.54) is 34.4 Å². The van der Waals surface area contributed by atoms with Crippen LogP contribution in [0.4, 0.5) is 4.39 Å². The Labute approximate surface area is 158 Å². The first-order valence-electron chi connectivity index (χ1n) is 7.57. The zero-order valence-electron chi connectivity index (χ0n) is 13.2. The van der Waals surface area contributed by atoms with Crippen LogP contribution in [-0.4, -0.2) is 44.0 Å². The highest BCUT2D eigenvalue weighted by atomic mass is 79.9. The van der Waals surface area contributed by atoms with Crippen molar-refractivity contribution in [2.45, 2.75) is 15.7 Å². The molecule has 0 saturated carbocycles. The van der Waals surface area contributed by atoms with Gasteiger partial charge < -0.3 is 4.74 Å². The number of thioether (sulfide) groups is 1. The van der Waals surface area contributed by atoms with Crippen molar-refractivity contribution in [1.29, 1.82) is 0 Å². The lowest BCUT2D eigenvalue weighted by molar-refractivity contribution is 0.0730. The highest BCUT2D eigenvalue weighted by Gasteiger charge is 2.26. The standard InChI is InChI=1S/C16H16BrFN2O3S2/c17-13-1-3-15(18)12(9-13)11-24-16-4-2-14(10-19-16)25(21,22)20-5-7-23-8-6-20/h1-4,9-10H,5-8,11H2. The van der Waals surface area contributed by atoms with Crippen LogP contribution in [0.1, 0.15) is 5.56 Å². The molecule has 0 amide bonds. The zero-order chi connectivity index (χ0) is 17.9. The number of sulfonamides is 1. The summed E-state index contributed by atoms with van der Waals surface area (Å²) in [5, 5.41) is 0.639. The average molecular weight is 447 g/mol. The van der Waals surface area contributed by atoms with Crippen LogP contribution >= 0.6 is 27.7 Å². The molecule has 1 aromatic carbocycles. The number of hydrogen-bond donors (Lipinski definition) is 0. The van der Waals surface area contributed by atoms with Gasteiger partial charge in [0.25, 0.3) is 0 Å². The Kier molecular flexibility index (Phi) is 6.11. The molecule has 0 bridgehead atoms. The largest absolute Gasteiger partial charge is 0.379 e. The molecule has 0 N–H and O–H groups in total. The minimum Gasteiger partial charge on any atom is -0.379 e. The summed E-state index contributed by atoms with van der Waals surface area (Å²) in [6.07, 6.45) is 1.35. The van der Waals surface area contributed by atoms with Crippen LogP contribution in [0.3, 0.4) is 0 Å². The molecule has 1 aliphatic rings. The number of pyridine rings is 1. The van der Waals surface area contributed by atoms with Crippen LogP contribution in [0, 0.1) is 5.82 Å². The molecule has 25 heavy (non-hydrogen) atoms. The lowest BCUT2D eigenvalue weighted by atomic mass is 10.2. The van der Waals surface area contributed by atoms with Gasteiger partial charge in [-0.15, -0.1) is 11.8 Å². The second-order valence-corrected chi connectivity index (χ2v) is 9.22. The Balaban J connectivity index is 1.68. The summed E-state index contributed by atoms with van der Waals surface area (Å²) < 4.78 is 46.2. The van der Waals surface area contributed by atoms with E-state index in [1.54, 1.807) is 18.2 Å². The van der Waals surface area contributed by atoms with Gasteiger partial charge in [-0.2, -0.15) is 4.31 Å². The van der Waals surface area contributed by atoms with Crippen LogP contribution in [0.5, 0.6) is 0 Å². The normalized spacial score (nSPS) is 16.1. The number of halogens is 2. The van der Waals surface area contributed by atoms with Crippen molar-refractivity contribution >= 4 is 37.7 Å². The van der Waals surface area contributed by atoms with Crippen LogP contribution in [0.25, 0.3) is 0 Å². The van der Waals surface area contributed by atoms with E-state index in [0.717, 1.165) is 4.47 Å². The molecule has 1 aliphatic heterocycles. The molecule has 0 atom stereocenters. The number of rotatable bonds is 5. The van der Waals surface area contributed by atoms with E-state index in [4.69, 9.17) is 4.74 Å². The zero-order valence-corrected chi connectivity index (χ0v) is 16.4. The lowest BCUT2D eigenvalue weighted by Crippen LogP contribution is -2.40. The van der Waals surface area contributed by atoms with Crippen LogP contribution in [0.2, 0.25) is 0 Å². The number of nitrogens with zero attached hydrogens (tertiary/aromatic N) is 2. The number of hydrogen-bond acceptors (Lipinski definition) is 5. The maximum absolute atomic E-state index is 13.7. The van der Waals surface area contributed by atoms with E-state index in [-0.39, 0.29) is 10.7 Å². The Hall–Kier alpha value is -1.00. The molecule has 1 aromatic heterocycles. The van der Waals surface area contributed by atoms with E-state index in [0.29, 0.717) is 42.6 Å². The second-order valence-electron chi connectivity index (χ2n) is 5.37. The van der Waals surface area contributed by atoms with Gasteiger partial charge in [-0.05, 0) is 35.9 Å². The molecular formula is C16H16BrFN2O3S2. The van der Waals surface area contributed by atoms with Crippen molar-refractivity contribution in [3.05, 3.63) is 52.4 Å². The Morgan fingerprint density at radius 3 is 2.68 bits per heavy atom. The first-order chi connectivity index (χ1) is 12.0. The third-order valence-corrected chi connectivity index (χ3v) is 7.07. The summed E-state index contributed by atoms with van der Waals surface area (Å²) in [5.41, 5.74) is 0.561. The minimum atomic E-state index is -3.54. The molecule has 0 aliphatic carbocycles. The summed E-state index contributed by atoms with van der Waals surface area (Å²) in [6, 6.07) is 7.96. The van der Waals surface area contributed by atoms with Gasteiger partial charge in [0.2, 0.25) is 10.0 Å². The fraction of sp³-hybridized carbons (Fsp3) is 0.312. The number of morpholine rings is 1. The van der Waals surface area contributed by atoms with Crippen molar-refractivity contribution in [3.63, 3.8) is 0 Å². The number of ether oxygens (including phenoxy) is 1. The van der Waals surface area contributed by atoms with Gasteiger partial charge in [0.05, 0.1) is 18.2 Å². The summed E-state index contributed by atoms with van der Waals surface area (Å²) in [6.45, 7) is 1.50. The highest BCUT2D eigenvalue weighted by molar-refractivity contribution is 9.10. The van der Waals surface area contributed by atoms with Gasteiger partial charge in [-0.25, -0.2) is 17.8 Å². The third-order valence-electron chi connectivity index (χ3n) is 3.70. The van der Waals surface area contributed by atoms with Gasteiger partial charge in [0, 0.05) is 29.5 Å². The molecule has 0 unspecified atom stereocenters. The molecule has 1 fully saturated rings. The molecule has 0 radical (unpaired) electrons. The number of benzene rings is 1. The maximum Gasteiger partial charge on any atom is 0.244 e. The summed E-state index contributed by atoms with van der Waals surface area (Å²) >= 11 is 4.67. The minimum absolute atomic E-state index is 0.160.